The van der Waals surface area contributed by atoms with Gasteiger partial charge in [0.2, 0.25) is 0 Å². The van der Waals surface area contributed by atoms with Crippen LogP contribution in [-0.2, 0) is 19.1 Å². The molecule has 0 spiro atoms. The van der Waals surface area contributed by atoms with Gasteiger partial charge in [-0.1, -0.05) is 53.4 Å². The highest BCUT2D eigenvalue weighted by Crippen LogP contribution is 2.34. The Morgan fingerprint density at radius 3 is 1.97 bits per heavy atom. The molecule has 0 aromatic heterocycles. The fraction of sp³-hybridized carbons (Fsp3) is 0.920. The normalized spacial score (nSPS) is 20.0. The fourth-order valence-electron chi connectivity index (χ4n) is 3.94. The molecule has 0 bridgehead atoms. The molecule has 0 radical (unpaired) electrons. The molecule has 0 amide bonds. The SMILES string of the molecule is CCCCCCCOCCOCCCC(=O)C1CCC(CC(=O)C(C)(C)C)CC1. The first kappa shape index (κ1) is 26.3. The van der Waals surface area contributed by atoms with Gasteiger partial charge >= 0.3 is 0 Å². The highest BCUT2D eigenvalue weighted by Gasteiger charge is 2.29. The molecule has 1 saturated carbocycles. The zero-order valence-electron chi connectivity index (χ0n) is 19.6. The van der Waals surface area contributed by atoms with E-state index in [0.717, 1.165) is 45.1 Å². The Morgan fingerprint density at radius 2 is 1.38 bits per heavy atom. The topological polar surface area (TPSA) is 52.6 Å². The van der Waals surface area contributed by atoms with Crippen molar-refractivity contribution in [3.63, 3.8) is 0 Å². The van der Waals surface area contributed by atoms with Gasteiger partial charge in [-0.2, -0.15) is 0 Å². The van der Waals surface area contributed by atoms with E-state index in [1.807, 2.05) is 20.8 Å². The summed E-state index contributed by atoms with van der Waals surface area (Å²) in [7, 11) is 0. The third kappa shape index (κ3) is 12.5. The van der Waals surface area contributed by atoms with E-state index in [1.54, 1.807) is 0 Å². The maximum atomic E-state index is 12.4. The summed E-state index contributed by atoms with van der Waals surface area (Å²) in [6.07, 6.45) is 12.3. The van der Waals surface area contributed by atoms with Crippen molar-refractivity contribution in [3.8, 4) is 0 Å². The van der Waals surface area contributed by atoms with Gasteiger partial charge in [0.25, 0.3) is 0 Å². The molecular weight excluding hydrogens is 364 g/mol. The molecule has 0 aromatic carbocycles. The van der Waals surface area contributed by atoms with Crippen LogP contribution in [-0.4, -0.2) is 38.0 Å². The summed E-state index contributed by atoms with van der Waals surface area (Å²) in [5.74, 6) is 1.41. The van der Waals surface area contributed by atoms with Crippen molar-refractivity contribution in [2.45, 2.75) is 105 Å². The lowest BCUT2D eigenvalue weighted by molar-refractivity contribution is -0.127. The molecule has 1 aliphatic carbocycles. The van der Waals surface area contributed by atoms with Gasteiger partial charge < -0.3 is 9.47 Å². The Morgan fingerprint density at radius 1 is 0.793 bits per heavy atom. The largest absolute Gasteiger partial charge is 0.379 e. The Labute approximate surface area is 179 Å². The predicted molar refractivity (Wildman–Crippen MR) is 119 cm³/mol. The van der Waals surface area contributed by atoms with E-state index in [2.05, 4.69) is 6.92 Å². The van der Waals surface area contributed by atoms with Crippen molar-refractivity contribution in [1.82, 2.24) is 0 Å². The molecule has 4 nitrogen and oxygen atoms in total. The van der Waals surface area contributed by atoms with Crippen LogP contribution in [0.15, 0.2) is 0 Å². The van der Waals surface area contributed by atoms with Crippen molar-refractivity contribution in [1.29, 1.82) is 0 Å². The average Bonchev–Trinajstić information content (AvgIpc) is 2.68. The first-order valence-corrected chi connectivity index (χ1v) is 12.1. The highest BCUT2D eigenvalue weighted by molar-refractivity contribution is 5.84. The molecule has 0 atom stereocenters. The van der Waals surface area contributed by atoms with E-state index in [4.69, 9.17) is 9.47 Å². The van der Waals surface area contributed by atoms with E-state index in [1.165, 1.54) is 25.7 Å². The van der Waals surface area contributed by atoms with Crippen molar-refractivity contribution < 1.29 is 19.1 Å². The molecule has 1 fully saturated rings. The molecule has 0 saturated heterocycles. The summed E-state index contributed by atoms with van der Waals surface area (Å²) in [6, 6.07) is 0. The van der Waals surface area contributed by atoms with Gasteiger partial charge in [-0.05, 0) is 44.4 Å². The van der Waals surface area contributed by atoms with E-state index >= 15 is 0 Å². The van der Waals surface area contributed by atoms with Crippen molar-refractivity contribution in [3.05, 3.63) is 0 Å². The fourth-order valence-corrected chi connectivity index (χ4v) is 3.94. The van der Waals surface area contributed by atoms with E-state index in [9.17, 15) is 9.59 Å². The minimum absolute atomic E-state index is 0.201. The molecule has 1 aliphatic rings. The molecule has 0 heterocycles. The first-order valence-electron chi connectivity index (χ1n) is 12.1. The van der Waals surface area contributed by atoms with Crippen LogP contribution in [0.3, 0.4) is 0 Å². The van der Waals surface area contributed by atoms with Crippen LogP contribution in [0.4, 0.5) is 0 Å². The van der Waals surface area contributed by atoms with E-state index in [0.29, 0.717) is 50.1 Å². The zero-order chi connectivity index (χ0) is 21.5. The molecule has 0 N–H and O–H groups in total. The standard InChI is InChI=1S/C25H46O4/c1-5-6-7-8-9-16-28-18-19-29-17-10-11-23(26)22-14-12-21(13-15-22)20-24(27)25(2,3)4/h21-22H,5-20H2,1-4H3. The smallest absolute Gasteiger partial charge is 0.138 e. The van der Waals surface area contributed by atoms with Gasteiger partial charge in [0.15, 0.2) is 0 Å². The summed E-state index contributed by atoms with van der Waals surface area (Å²) in [6.45, 7) is 10.9. The van der Waals surface area contributed by atoms with Gasteiger partial charge in [0.05, 0.1) is 13.2 Å². The second-order valence-electron chi connectivity index (χ2n) is 9.80. The van der Waals surface area contributed by atoms with Crippen LogP contribution in [0, 0.1) is 17.3 Å². The summed E-state index contributed by atoms with van der Waals surface area (Å²) >= 11 is 0. The molecular formula is C25H46O4. The Kier molecular flexibility index (Phi) is 13.7. The van der Waals surface area contributed by atoms with Gasteiger partial charge in [0, 0.05) is 37.4 Å². The number of ether oxygens (including phenoxy) is 2. The summed E-state index contributed by atoms with van der Waals surface area (Å²) in [5, 5.41) is 0. The second-order valence-corrected chi connectivity index (χ2v) is 9.80. The van der Waals surface area contributed by atoms with Crippen LogP contribution in [0.5, 0.6) is 0 Å². The van der Waals surface area contributed by atoms with Crippen molar-refractivity contribution in [2.24, 2.45) is 17.3 Å². The lowest BCUT2D eigenvalue weighted by Crippen LogP contribution is -2.27. The van der Waals surface area contributed by atoms with Crippen molar-refractivity contribution >= 4 is 11.6 Å². The maximum Gasteiger partial charge on any atom is 0.138 e. The Balaban J connectivity index is 1.97. The lowest BCUT2D eigenvalue weighted by atomic mass is 9.75. The molecule has 0 unspecified atom stereocenters. The van der Waals surface area contributed by atoms with Crippen molar-refractivity contribution in [2.75, 3.05) is 26.4 Å². The number of hydrogen-bond acceptors (Lipinski definition) is 4. The van der Waals surface area contributed by atoms with Crippen LogP contribution in [0.1, 0.15) is 105 Å². The molecule has 0 aromatic rings. The number of carbonyl (C=O) groups is 2. The average molecular weight is 411 g/mol. The molecule has 1 rings (SSSR count). The zero-order valence-corrected chi connectivity index (χ0v) is 19.6. The molecule has 0 aliphatic heterocycles. The van der Waals surface area contributed by atoms with E-state index in [-0.39, 0.29) is 11.3 Å². The van der Waals surface area contributed by atoms with E-state index < -0.39 is 0 Å². The first-order chi connectivity index (χ1) is 13.8. The molecule has 4 heteroatoms. The summed E-state index contributed by atoms with van der Waals surface area (Å²) in [4.78, 5) is 24.6. The second kappa shape index (κ2) is 15.1. The lowest BCUT2D eigenvalue weighted by Gasteiger charge is -2.29. The van der Waals surface area contributed by atoms with Crippen LogP contribution in [0.25, 0.3) is 0 Å². The molecule has 170 valence electrons. The van der Waals surface area contributed by atoms with Crippen LogP contribution in [0.2, 0.25) is 0 Å². The third-order valence-electron chi connectivity index (χ3n) is 6.09. The Bertz CT molecular complexity index is 444. The number of Topliss-reactive ketones (excluding diaryl/α,β-unsaturated/α-hetero) is 2. The number of rotatable bonds is 16. The quantitative estimate of drug-likeness (QED) is 0.286. The Hall–Kier alpha value is -0.740. The third-order valence-corrected chi connectivity index (χ3v) is 6.09. The van der Waals surface area contributed by atoms with Crippen LogP contribution < -0.4 is 0 Å². The monoisotopic (exact) mass is 410 g/mol. The minimum atomic E-state index is -0.244. The van der Waals surface area contributed by atoms with Gasteiger partial charge in [0.1, 0.15) is 11.6 Å². The van der Waals surface area contributed by atoms with Gasteiger partial charge in [-0.15, -0.1) is 0 Å². The van der Waals surface area contributed by atoms with Gasteiger partial charge in [-0.3, -0.25) is 9.59 Å². The number of ketones is 2. The minimum Gasteiger partial charge on any atom is -0.379 e. The predicted octanol–water partition coefficient (Wildman–Crippen LogP) is 6.15. The highest BCUT2D eigenvalue weighted by atomic mass is 16.5. The number of hydrogen-bond donors (Lipinski definition) is 0. The molecule has 29 heavy (non-hydrogen) atoms. The van der Waals surface area contributed by atoms with Crippen LogP contribution >= 0.6 is 0 Å². The summed E-state index contributed by atoms with van der Waals surface area (Å²) < 4.78 is 11.2. The maximum absolute atomic E-state index is 12.4. The summed E-state index contributed by atoms with van der Waals surface area (Å²) in [5.41, 5.74) is -0.244. The number of carbonyl (C=O) groups excluding carboxylic acids is 2. The number of unbranched alkanes of at least 4 members (excludes halogenated alkanes) is 4. The van der Waals surface area contributed by atoms with Gasteiger partial charge in [-0.25, -0.2) is 0 Å².